The van der Waals surface area contributed by atoms with E-state index >= 15 is 0 Å². The average Bonchev–Trinajstić information content (AvgIpc) is 2.91. The molecule has 1 unspecified atom stereocenters. The smallest absolute Gasteiger partial charge is 0.410 e. The number of phenolic OH excluding ortho intramolecular Hbond substituents is 1. The van der Waals surface area contributed by atoms with Gasteiger partial charge in [-0.3, -0.25) is 4.90 Å². The summed E-state index contributed by atoms with van der Waals surface area (Å²) in [4.78, 5) is 13.7. The van der Waals surface area contributed by atoms with Gasteiger partial charge in [-0.2, -0.15) is 0 Å². The number of rotatable bonds is 5. The first-order valence-electron chi connectivity index (χ1n) is 7.50. The lowest BCUT2D eigenvalue weighted by atomic mass is 10.0. The fraction of sp³-hybridized carbons (Fsp3) is 0.278. The molecule has 23 heavy (non-hydrogen) atoms. The van der Waals surface area contributed by atoms with Gasteiger partial charge in [-0.25, -0.2) is 4.79 Å². The predicted octanol–water partition coefficient (Wildman–Crippen LogP) is 2.96. The van der Waals surface area contributed by atoms with Gasteiger partial charge < -0.3 is 14.6 Å². The van der Waals surface area contributed by atoms with E-state index in [1.54, 1.807) is 24.1 Å². The Morgan fingerprint density at radius 1 is 1.13 bits per heavy atom. The Kier molecular flexibility index (Phi) is 4.37. The summed E-state index contributed by atoms with van der Waals surface area (Å²) in [5.41, 5.74) is 2.09. The number of carbonyl (C=O) groups excluding carboxylic acids is 1. The molecule has 1 heterocycles. The molecule has 2 aromatic rings. The van der Waals surface area contributed by atoms with Crippen LogP contribution in [0.5, 0.6) is 11.5 Å². The van der Waals surface area contributed by atoms with E-state index in [-0.39, 0.29) is 17.9 Å². The number of amides is 1. The van der Waals surface area contributed by atoms with E-state index in [4.69, 9.17) is 9.47 Å². The minimum Gasteiger partial charge on any atom is -0.508 e. The van der Waals surface area contributed by atoms with Gasteiger partial charge in [-0.15, -0.1) is 0 Å². The molecule has 0 aliphatic carbocycles. The number of carbonyl (C=O) groups is 1. The predicted molar refractivity (Wildman–Crippen MR) is 85.5 cm³/mol. The molecule has 0 bridgehead atoms. The molecule has 3 rings (SSSR count). The molecule has 1 N–H and O–H groups in total. The highest BCUT2D eigenvalue weighted by atomic mass is 16.6. The second-order valence-electron chi connectivity index (χ2n) is 5.58. The van der Waals surface area contributed by atoms with Crippen LogP contribution in [0.3, 0.4) is 0 Å². The van der Waals surface area contributed by atoms with Crippen molar-refractivity contribution in [2.75, 3.05) is 13.7 Å². The first-order valence-corrected chi connectivity index (χ1v) is 7.50. The number of methoxy groups -OCH3 is 1. The molecule has 0 radical (unpaired) electrons. The minimum absolute atomic E-state index is 0.00435. The Labute approximate surface area is 135 Å². The summed E-state index contributed by atoms with van der Waals surface area (Å²) < 4.78 is 10.4. The number of phenols is 1. The van der Waals surface area contributed by atoms with Gasteiger partial charge in [0.05, 0.1) is 13.2 Å². The van der Waals surface area contributed by atoms with Gasteiger partial charge in [0.15, 0.2) is 0 Å². The molecule has 5 heteroatoms. The summed E-state index contributed by atoms with van der Waals surface area (Å²) in [6.07, 6.45) is 0.435. The average molecular weight is 313 g/mol. The van der Waals surface area contributed by atoms with Gasteiger partial charge in [0.2, 0.25) is 0 Å². The van der Waals surface area contributed by atoms with Crippen molar-refractivity contribution in [3.63, 3.8) is 0 Å². The number of cyclic esters (lactones) is 1. The van der Waals surface area contributed by atoms with Crippen LogP contribution in [-0.2, 0) is 17.7 Å². The first kappa shape index (κ1) is 15.2. The van der Waals surface area contributed by atoms with Gasteiger partial charge in [0.1, 0.15) is 18.1 Å². The number of hydrogen-bond donors (Lipinski definition) is 1. The Morgan fingerprint density at radius 3 is 2.43 bits per heavy atom. The van der Waals surface area contributed by atoms with Crippen LogP contribution in [0.15, 0.2) is 48.5 Å². The summed E-state index contributed by atoms with van der Waals surface area (Å²) in [5.74, 6) is 1.03. The zero-order valence-corrected chi connectivity index (χ0v) is 12.9. The maximum Gasteiger partial charge on any atom is 0.410 e. The zero-order chi connectivity index (χ0) is 16.2. The third kappa shape index (κ3) is 3.56. The van der Waals surface area contributed by atoms with Crippen LogP contribution in [0.1, 0.15) is 11.1 Å². The lowest BCUT2D eigenvalue weighted by Gasteiger charge is -2.21. The molecular weight excluding hydrogens is 294 g/mol. The minimum atomic E-state index is -0.295. The second kappa shape index (κ2) is 6.60. The van der Waals surface area contributed by atoms with Crippen LogP contribution in [0.2, 0.25) is 0 Å². The fourth-order valence-electron chi connectivity index (χ4n) is 2.68. The Hall–Kier alpha value is -2.69. The van der Waals surface area contributed by atoms with Crippen LogP contribution in [0, 0.1) is 0 Å². The van der Waals surface area contributed by atoms with E-state index in [0.717, 1.165) is 23.3 Å². The van der Waals surface area contributed by atoms with E-state index in [0.29, 0.717) is 13.2 Å². The summed E-state index contributed by atoms with van der Waals surface area (Å²) in [7, 11) is 1.64. The molecule has 1 aliphatic rings. The van der Waals surface area contributed by atoms with Crippen LogP contribution < -0.4 is 4.74 Å². The Balaban J connectivity index is 1.69. The van der Waals surface area contributed by atoms with Crippen molar-refractivity contribution in [2.45, 2.75) is 19.0 Å². The van der Waals surface area contributed by atoms with E-state index in [1.165, 1.54) is 0 Å². The highest BCUT2D eigenvalue weighted by Gasteiger charge is 2.32. The molecule has 0 aromatic heterocycles. The van der Waals surface area contributed by atoms with Crippen LogP contribution in [0.4, 0.5) is 4.79 Å². The van der Waals surface area contributed by atoms with Gasteiger partial charge in [-0.1, -0.05) is 24.3 Å². The third-order valence-corrected chi connectivity index (χ3v) is 3.99. The third-order valence-electron chi connectivity index (χ3n) is 3.99. The molecule has 120 valence electrons. The van der Waals surface area contributed by atoms with Crippen molar-refractivity contribution in [1.29, 1.82) is 0 Å². The van der Waals surface area contributed by atoms with E-state index in [1.807, 2.05) is 36.4 Å². The normalized spacial score (nSPS) is 17.2. The van der Waals surface area contributed by atoms with Crippen molar-refractivity contribution >= 4 is 6.09 Å². The molecule has 1 saturated heterocycles. The van der Waals surface area contributed by atoms with Crippen LogP contribution in [0.25, 0.3) is 0 Å². The summed E-state index contributed by atoms with van der Waals surface area (Å²) in [5, 5.41) is 9.34. The van der Waals surface area contributed by atoms with Gasteiger partial charge >= 0.3 is 6.09 Å². The molecule has 0 spiro atoms. The molecule has 2 aromatic carbocycles. The molecule has 0 saturated carbocycles. The van der Waals surface area contributed by atoms with E-state index < -0.39 is 0 Å². The van der Waals surface area contributed by atoms with Crippen molar-refractivity contribution in [2.24, 2.45) is 0 Å². The van der Waals surface area contributed by atoms with E-state index in [9.17, 15) is 9.90 Å². The van der Waals surface area contributed by atoms with Crippen LogP contribution >= 0.6 is 0 Å². The number of aromatic hydroxyl groups is 1. The molecule has 1 fully saturated rings. The highest BCUT2D eigenvalue weighted by Crippen LogP contribution is 2.22. The number of nitrogens with zero attached hydrogens (tertiary/aromatic N) is 1. The highest BCUT2D eigenvalue weighted by molar-refractivity contribution is 5.70. The lowest BCUT2D eigenvalue weighted by molar-refractivity contribution is 0.156. The van der Waals surface area contributed by atoms with Crippen molar-refractivity contribution < 1.29 is 19.4 Å². The zero-order valence-electron chi connectivity index (χ0n) is 12.9. The Morgan fingerprint density at radius 2 is 1.78 bits per heavy atom. The molecule has 1 aliphatic heterocycles. The number of hydrogen-bond acceptors (Lipinski definition) is 4. The lowest BCUT2D eigenvalue weighted by Crippen LogP contribution is -2.34. The summed E-state index contributed by atoms with van der Waals surface area (Å²) in [6, 6.07) is 14.7. The monoisotopic (exact) mass is 313 g/mol. The van der Waals surface area contributed by atoms with Gasteiger partial charge in [0.25, 0.3) is 0 Å². The maximum atomic E-state index is 12.0. The van der Waals surface area contributed by atoms with E-state index in [2.05, 4.69) is 0 Å². The topological polar surface area (TPSA) is 59.0 Å². The quantitative estimate of drug-likeness (QED) is 0.922. The Bertz CT molecular complexity index is 666. The number of benzene rings is 2. The van der Waals surface area contributed by atoms with Crippen molar-refractivity contribution in [3.8, 4) is 11.5 Å². The van der Waals surface area contributed by atoms with Gasteiger partial charge in [0, 0.05) is 6.54 Å². The molecular formula is C18H19NO4. The molecule has 1 atom stereocenters. The number of ether oxygens (including phenoxy) is 2. The summed E-state index contributed by atoms with van der Waals surface area (Å²) >= 11 is 0. The van der Waals surface area contributed by atoms with Crippen molar-refractivity contribution in [3.05, 3.63) is 59.7 Å². The van der Waals surface area contributed by atoms with Gasteiger partial charge in [-0.05, 0) is 41.8 Å². The largest absolute Gasteiger partial charge is 0.508 e. The summed E-state index contributed by atoms with van der Waals surface area (Å²) in [6.45, 7) is 0.864. The fourth-order valence-corrected chi connectivity index (χ4v) is 2.68. The second-order valence-corrected chi connectivity index (χ2v) is 5.58. The SMILES string of the molecule is COc1ccc(CC2COC(=O)N2Cc2ccc(O)cc2)cc1. The van der Waals surface area contributed by atoms with Crippen LogP contribution in [-0.4, -0.2) is 35.9 Å². The first-order chi connectivity index (χ1) is 11.2. The van der Waals surface area contributed by atoms with Crippen molar-refractivity contribution in [1.82, 2.24) is 4.90 Å². The molecule has 1 amide bonds. The molecule has 5 nitrogen and oxygen atoms in total. The standard InChI is InChI=1S/C18H19NO4/c1-22-17-8-4-13(5-9-17)10-15-12-23-18(21)19(15)11-14-2-6-16(20)7-3-14/h2-9,15,20H,10-12H2,1H3. The maximum absolute atomic E-state index is 12.0.